The van der Waals surface area contributed by atoms with Gasteiger partial charge >= 0.3 is 11.9 Å². The van der Waals surface area contributed by atoms with Gasteiger partial charge in [0.05, 0.1) is 58.6 Å². The maximum absolute atomic E-state index is 12.4. The molecule has 59 heavy (non-hydrogen) atoms. The Bertz CT molecular complexity index is 2350. The molecule has 0 unspecified atom stereocenters. The minimum atomic E-state index is -0.678. The number of carbonyl (C=O) groups excluding carboxylic acids is 2. The lowest BCUT2D eigenvalue weighted by atomic mass is 9.88. The second-order valence-electron chi connectivity index (χ2n) is 14.7. The van der Waals surface area contributed by atoms with Crippen molar-refractivity contribution in [2.45, 2.75) is 74.9 Å². The third-order valence-electron chi connectivity index (χ3n) is 9.31. The molecule has 10 nitrogen and oxygen atoms in total. The number of H-pyrrole nitrogens is 1. The van der Waals surface area contributed by atoms with Crippen LogP contribution in [0.2, 0.25) is 10.0 Å². The number of methoxy groups -OCH3 is 1. The zero-order valence-corrected chi connectivity index (χ0v) is 36.9. The molecule has 6 aromatic rings. The van der Waals surface area contributed by atoms with E-state index in [0.29, 0.717) is 55.1 Å². The number of nitrogens with zero attached hydrogens (tertiary/aromatic N) is 3. The first-order valence-corrected chi connectivity index (χ1v) is 20.6. The minimum Gasteiger partial charge on any atom is -0.481 e. The average molecular weight is 889 g/mol. The van der Waals surface area contributed by atoms with Crippen molar-refractivity contribution < 1.29 is 23.8 Å². The number of hydrogen-bond donors (Lipinski definition) is 1. The normalized spacial score (nSPS) is 11.2. The van der Waals surface area contributed by atoms with Crippen LogP contribution >= 0.6 is 46.4 Å². The van der Waals surface area contributed by atoms with Gasteiger partial charge in [-0.25, -0.2) is 4.98 Å². The number of benzene rings is 2. The Labute approximate surface area is 366 Å². The molecule has 0 spiro atoms. The molecule has 0 amide bonds. The number of halogens is 4. The van der Waals surface area contributed by atoms with Gasteiger partial charge in [-0.1, -0.05) is 54.9 Å². The third kappa shape index (κ3) is 13.3. The van der Waals surface area contributed by atoms with Crippen molar-refractivity contribution in [3.05, 3.63) is 128 Å². The van der Waals surface area contributed by atoms with E-state index >= 15 is 0 Å². The van der Waals surface area contributed by atoms with E-state index in [4.69, 9.17) is 60.6 Å². The molecule has 6 rings (SSSR count). The fourth-order valence-corrected chi connectivity index (χ4v) is 6.68. The van der Waals surface area contributed by atoms with E-state index in [-0.39, 0.29) is 30.3 Å². The van der Waals surface area contributed by atoms with Gasteiger partial charge < -0.3 is 28.3 Å². The van der Waals surface area contributed by atoms with Gasteiger partial charge in [0.15, 0.2) is 0 Å². The number of ether oxygens (including phenoxy) is 3. The molecule has 0 aliphatic heterocycles. The third-order valence-corrected chi connectivity index (χ3v) is 9.82. The molecule has 0 aliphatic rings. The van der Waals surface area contributed by atoms with Crippen LogP contribution in [-0.4, -0.2) is 56.7 Å². The SMILES string of the molecule is C.CCOC(=O)C(C)(C)Cc1cc2[nH]c(=O)ccc2n1Cc1ccc(Cl)cc1.CCOC(=O)C(C)(C)Cc1cc2nc(OC)ccc2n1Cc1ccc(Cl)cc1.ClCCl. The number of hydrogen-bond acceptors (Lipinski definition) is 7. The second-order valence-corrected chi connectivity index (χ2v) is 16.4. The number of carbonyl (C=O) groups is 2. The van der Waals surface area contributed by atoms with E-state index in [0.717, 1.165) is 44.6 Å². The number of rotatable bonds is 13. The maximum atomic E-state index is 12.4. The molecule has 0 atom stereocenters. The summed E-state index contributed by atoms with van der Waals surface area (Å²) in [6, 6.07) is 26.6. The predicted molar refractivity (Wildman–Crippen MR) is 241 cm³/mol. The van der Waals surface area contributed by atoms with Gasteiger partial charge in [-0.2, -0.15) is 0 Å². The van der Waals surface area contributed by atoms with E-state index in [1.165, 1.54) is 6.07 Å². The van der Waals surface area contributed by atoms with E-state index in [1.54, 1.807) is 14.0 Å². The number of esters is 2. The first kappa shape index (κ1) is 48.9. The lowest BCUT2D eigenvalue weighted by molar-refractivity contribution is -0.154. The van der Waals surface area contributed by atoms with Gasteiger partial charge in [0, 0.05) is 59.5 Å². The van der Waals surface area contributed by atoms with Crippen molar-refractivity contribution >= 4 is 80.4 Å². The Morgan fingerprint density at radius 3 is 1.59 bits per heavy atom. The van der Waals surface area contributed by atoms with Crippen LogP contribution in [0.5, 0.6) is 5.88 Å². The summed E-state index contributed by atoms with van der Waals surface area (Å²) in [6.07, 6.45) is 1.04. The smallest absolute Gasteiger partial charge is 0.311 e. The summed E-state index contributed by atoms with van der Waals surface area (Å²) in [5.41, 5.74) is 6.20. The second kappa shape index (κ2) is 22.2. The van der Waals surface area contributed by atoms with E-state index in [9.17, 15) is 14.4 Å². The van der Waals surface area contributed by atoms with Crippen LogP contribution in [0.15, 0.2) is 89.7 Å². The lowest BCUT2D eigenvalue weighted by Gasteiger charge is -2.23. The molecule has 0 radical (unpaired) electrons. The Morgan fingerprint density at radius 2 is 1.14 bits per heavy atom. The van der Waals surface area contributed by atoms with Gasteiger partial charge in [0.25, 0.3) is 0 Å². The Morgan fingerprint density at radius 1 is 0.695 bits per heavy atom. The van der Waals surface area contributed by atoms with Crippen LogP contribution in [-0.2, 0) is 45.0 Å². The van der Waals surface area contributed by atoms with Crippen molar-refractivity contribution in [1.29, 1.82) is 0 Å². The van der Waals surface area contributed by atoms with Crippen molar-refractivity contribution in [2.24, 2.45) is 10.8 Å². The molecule has 14 heteroatoms. The molecule has 4 aromatic heterocycles. The van der Waals surface area contributed by atoms with Gasteiger partial charge in [0.1, 0.15) is 0 Å². The van der Waals surface area contributed by atoms with Crippen LogP contribution in [0, 0.1) is 10.8 Å². The fourth-order valence-electron chi connectivity index (χ4n) is 6.43. The summed E-state index contributed by atoms with van der Waals surface area (Å²) in [5, 5.41) is 1.58. The first-order valence-electron chi connectivity index (χ1n) is 18.8. The molecule has 0 saturated carbocycles. The first-order chi connectivity index (χ1) is 27.5. The maximum Gasteiger partial charge on any atom is 0.311 e. The van der Waals surface area contributed by atoms with Crippen molar-refractivity contribution in [1.82, 2.24) is 19.1 Å². The van der Waals surface area contributed by atoms with Crippen LogP contribution in [0.25, 0.3) is 22.1 Å². The highest BCUT2D eigenvalue weighted by Crippen LogP contribution is 2.31. The van der Waals surface area contributed by atoms with Crippen LogP contribution in [0.3, 0.4) is 0 Å². The largest absolute Gasteiger partial charge is 0.481 e. The molecule has 0 aliphatic carbocycles. The molecule has 0 saturated heterocycles. The summed E-state index contributed by atoms with van der Waals surface area (Å²) in [6.45, 7) is 13.2. The van der Waals surface area contributed by atoms with Crippen LogP contribution < -0.4 is 10.3 Å². The molecular weight excluding hydrogens is 834 g/mol. The Kier molecular flexibility index (Phi) is 18.4. The summed E-state index contributed by atoms with van der Waals surface area (Å²) < 4.78 is 20.1. The summed E-state index contributed by atoms with van der Waals surface area (Å²) >= 11 is 21.5. The molecule has 0 fully saturated rings. The molecule has 0 bridgehead atoms. The highest BCUT2D eigenvalue weighted by molar-refractivity contribution is 6.40. The van der Waals surface area contributed by atoms with Crippen LogP contribution in [0.4, 0.5) is 0 Å². The Balaban J connectivity index is 0.000000291. The standard InChI is InChI=1S/C22H25ClN2O3.C21H23ClN2O3.CH2Cl2.CH4/c1-5-28-21(26)22(2,3)13-17-12-18-19(10-11-20(24-18)27-4)25(17)14-15-6-8-16(23)9-7-15;1-4-27-20(26)21(2,3)12-16-11-17-18(9-10-19(25)23-17)24(16)13-14-5-7-15(22)8-6-14;2-1-3;/h6-12H,5,13-14H2,1-4H3;5-11H,4,12-13H2,1-3H3,(H,23,25);1H2;1H4. The zero-order valence-electron chi connectivity index (χ0n) is 33.8. The average Bonchev–Trinajstić information content (AvgIpc) is 3.68. The van der Waals surface area contributed by atoms with Crippen molar-refractivity contribution in [3.8, 4) is 5.88 Å². The number of alkyl halides is 2. The molecule has 4 heterocycles. The number of aromatic nitrogens is 4. The summed E-state index contributed by atoms with van der Waals surface area (Å²) in [5.74, 6) is 0.123. The molecular formula is C45H54Cl4N4O6. The highest BCUT2D eigenvalue weighted by atomic mass is 35.5. The fraction of sp³-hybridized carbons (Fsp3) is 0.378. The van der Waals surface area contributed by atoms with E-state index in [1.807, 2.05) is 113 Å². The van der Waals surface area contributed by atoms with Gasteiger partial charge in [-0.15, -0.1) is 23.2 Å². The monoisotopic (exact) mass is 886 g/mol. The number of pyridine rings is 2. The minimum absolute atomic E-state index is 0. The lowest BCUT2D eigenvalue weighted by Crippen LogP contribution is -2.30. The number of aromatic amines is 1. The quantitative estimate of drug-likeness (QED) is 0.0906. The molecule has 1 N–H and O–H groups in total. The van der Waals surface area contributed by atoms with Crippen LogP contribution in [0.1, 0.15) is 71.5 Å². The Hall–Kier alpha value is -4.48. The summed E-state index contributed by atoms with van der Waals surface area (Å²) in [4.78, 5) is 43.9. The van der Waals surface area contributed by atoms with E-state index < -0.39 is 10.8 Å². The zero-order chi connectivity index (χ0) is 42.6. The summed E-state index contributed by atoms with van der Waals surface area (Å²) in [7, 11) is 1.60. The van der Waals surface area contributed by atoms with Gasteiger partial charge in [-0.3, -0.25) is 14.4 Å². The molecule has 2 aromatic carbocycles. The highest BCUT2D eigenvalue weighted by Gasteiger charge is 2.32. The van der Waals surface area contributed by atoms with Gasteiger partial charge in [-0.05, 0) is 101 Å². The molecule has 318 valence electrons. The van der Waals surface area contributed by atoms with E-state index in [2.05, 4.69) is 19.1 Å². The van der Waals surface area contributed by atoms with Gasteiger partial charge in [0.2, 0.25) is 11.4 Å². The number of fused-ring (bicyclic) bond motifs is 2. The van der Waals surface area contributed by atoms with Crippen molar-refractivity contribution in [3.63, 3.8) is 0 Å². The predicted octanol–water partition coefficient (Wildman–Crippen LogP) is 11.1. The topological polar surface area (TPSA) is 117 Å². The van der Waals surface area contributed by atoms with Crippen molar-refractivity contribution in [2.75, 3.05) is 25.7 Å². The number of nitrogens with one attached hydrogen (secondary N) is 1.